The molecule has 0 heterocycles. The Kier molecular flexibility index (Phi) is 15.9. The second kappa shape index (κ2) is 16.5. The fourth-order valence-electron chi connectivity index (χ4n) is 4.21. The Morgan fingerprint density at radius 3 is 1.90 bits per heavy atom. The van der Waals surface area contributed by atoms with Gasteiger partial charge in [-0.2, -0.15) is 0 Å². The van der Waals surface area contributed by atoms with Crippen molar-refractivity contribution in [2.75, 3.05) is 13.2 Å². The molecule has 2 N–H and O–H groups in total. The summed E-state index contributed by atoms with van der Waals surface area (Å²) in [5.74, 6) is -0.851. The molecule has 6 heteroatoms. The largest absolute Gasteiger partial charge is 0.466 e. The second-order valence-electron chi connectivity index (χ2n) is 8.91. The molecule has 6 nitrogen and oxygen atoms in total. The number of carbonyl (C=O) groups is 2. The summed E-state index contributed by atoms with van der Waals surface area (Å²) in [6, 6.07) is 0. The van der Waals surface area contributed by atoms with Crippen LogP contribution < -0.4 is 0 Å². The maximum absolute atomic E-state index is 12.4. The van der Waals surface area contributed by atoms with Crippen molar-refractivity contribution in [1.82, 2.24) is 0 Å². The smallest absolute Gasteiger partial charge is 0.309 e. The van der Waals surface area contributed by atoms with Crippen molar-refractivity contribution in [1.29, 1.82) is 0 Å². The molecule has 0 amide bonds. The SMILES string of the molecule is CC.CCOC(=O)C1CCC(CCC(O)C(C)CCC(O)C(C)C)CC1C(=O)OCC. The van der Waals surface area contributed by atoms with Gasteiger partial charge in [-0.05, 0) is 76.5 Å². The number of hydrogen-bond donors (Lipinski definition) is 2. The van der Waals surface area contributed by atoms with E-state index in [1.165, 1.54) is 0 Å². The van der Waals surface area contributed by atoms with Crippen molar-refractivity contribution in [3.8, 4) is 0 Å². The van der Waals surface area contributed by atoms with Gasteiger partial charge in [-0.1, -0.05) is 34.6 Å². The Morgan fingerprint density at radius 1 is 0.839 bits per heavy atom. The van der Waals surface area contributed by atoms with E-state index in [0.29, 0.717) is 38.9 Å². The van der Waals surface area contributed by atoms with Crippen LogP contribution in [0, 0.1) is 29.6 Å². The summed E-state index contributed by atoms with van der Waals surface area (Å²) in [4.78, 5) is 24.7. The topological polar surface area (TPSA) is 93.1 Å². The Morgan fingerprint density at radius 2 is 1.39 bits per heavy atom. The van der Waals surface area contributed by atoms with Crippen LogP contribution >= 0.6 is 0 Å². The lowest BCUT2D eigenvalue weighted by Crippen LogP contribution is -2.38. The Bertz CT molecular complexity index is 492. The van der Waals surface area contributed by atoms with Gasteiger partial charge in [0.05, 0.1) is 37.3 Å². The van der Waals surface area contributed by atoms with E-state index in [1.807, 2.05) is 34.6 Å². The maximum atomic E-state index is 12.4. The van der Waals surface area contributed by atoms with E-state index < -0.39 is 17.9 Å². The molecule has 0 radical (unpaired) electrons. The summed E-state index contributed by atoms with van der Waals surface area (Å²) in [7, 11) is 0. The fraction of sp³-hybridized carbons (Fsp3) is 0.920. The predicted molar refractivity (Wildman–Crippen MR) is 123 cm³/mol. The lowest BCUT2D eigenvalue weighted by Gasteiger charge is -2.34. The van der Waals surface area contributed by atoms with E-state index in [4.69, 9.17) is 9.47 Å². The van der Waals surface area contributed by atoms with Gasteiger partial charge in [-0.25, -0.2) is 0 Å². The zero-order valence-corrected chi connectivity index (χ0v) is 20.9. The normalized spacial score (nSPS) is 23.9. The van der Waals surface area contributed by atoms with Gasteiger partial charge in [0.2, 0.25) is 0 Å². The number of aliphatic hydroxyl groups is 2. The van der Waals surface area contributed by atoms with Gasteiger partial charge >= 0.3 is 11.9 Å². The molecule has 1 saturated carbocycles. The highest BCUT2D eigenvalue weighted by Crippen LogP contribution is 2.38. The summed E-state index contributed by atoms with van der Waals surface area (Å²) in [6.45, 7) is 14.2. The highest BCUT2D eigenvalue weighted by atomic mass is 16.5. The maximum Gasteiger partial charge on any atom is 0.309 e. The highest BCUT2D eigenvalue weighted by Gasteiger charge is 2.41. The third-order valence-corrected chi connectivity index (χ3v) is 6.35. The van der Waals surface area contributed by atoms with Gasteiger partial charge in [-0.3, -0.25) is 9.59 Å². The van der Waals surface area contributed by atoms with Gasteiger partial charge in [-0.15, -0.1) is 0 Å². The first-order valence-electron chi connectivity index (χ1n) is 12.4. The van der Waals surface area contributed by atoms with Crippen molar-refractivity contribution in [2.24, 2.45) is 29.6 Å². The molecule has 6 atom stereocenters. The molecule has 31 heavy (non-hydrogen) atoms. The Hall–Kier alpha value is -1.14. The van der Waals surface area contributed by atoms with Gasteiger partial charge in [0.25, 0.3) is 0 Å². The highest BCUT2D eigenvalue weighted by molar-refractivity contribution is 5.82. The molecule has 6 unspecified atom stereocenters. The summed E-state index contributed by atoms with van der Waals surface area (Å²) in [5.41, 5.74) is 0. The minimum Gasteiger partial charge on any atom is -0.466 e. The summed E-state index contributed by atoms with van der Waals surface area (Å²) >= 11 is 0. The second-order valence-corrected chi connectivity index (χ2v) is 8.91. The molecule has 0 spiro atoms. The van der Waals surface area contributed by atoms with Crippen molar-refractivity contribution in [2.45, 2.75) is 106 Å². The molecule has 0 aromatic carbocycles. The molecule has 0 bridgehead atoms. The molecule has 0 aliphatic heterocycles. The molecule has 0 aromatic rings. The van der Waals surface area contributed by atoms with Gasteiger partial charge < -0.3 is 19.7 Å². The molecular weight excluding hydrogens is 396 g/mol. The summed E-state index contributed by atoms with van der Waals surface area (Å²) in [5, 5.41) is 20.5. The minimum atomic E-state index is -0.455. The number of aliphatic hydroxyl groups excluding tert-OH is 2. The van der Waals surface area contributed by atoms with Crippen LogP contribution in [0.2, 0.25) is 0 Å². The lowest BCUT2D eigenvalue weighted by atomic mass is 9.72. The Labute approximate surface area is 190 Å². The van der Waals surface area contributed by atoms with E-state index in [-0.39, 0.29) is 35.8 Å². The van der Waals surface area contributed by atoms with Gasteiger partial charge in [0.15, 0.2) is 0 Å². The van der Waals surface area contributed by atoms with Crippen molar-refractivity contribution in [3.63, 3.8) is 0 Å². The van der Waals surface area contributed by atoms with Crippen LogP contribution in [0.15, 0.2) is 0 Å². The predicted octanol–water partition coefficient (Wildman–Crippen LogP) is 4.75. The molecular formula is C25H48O6. The summed E-state index contributed by atoms with van der Waals surface area (Å²) < 4.78 is 10.4. The van der Waals surface area contributed by atoms with Crippen LogP contribution in [-0.4, -0.2) is 47.6 Å². The third kappa shape index (κ3) is 10.8. The fourth-order valence-corrected chi connectivity index (χ4v) is 4.21. The van der Waals surface area contributed by atoms with Crippen molar-refractivity contribution >= 4 is 11.9 Å². The molecule has 1 aliphatic rings. The standard InChI is InChI=1S/C23H42O6.C2H6/c1-6-28-22(26)18-11-9-17(14-19(18)23(27)29-7-2)10-13-21(25)16(5)8-12-20(24)15(3)4;1-2/h15-21,24-25H,6-14H2,1-5H3;1-2H3. The molecule has 1 aliphatic carbocycles. The average Bonchev–Trinajstić information content (AvgIpc) is 2.76. The zero-order valence-electron chi connectivity index (χ0n) is 20.9. The van der Waals surface area contributed by atoms with Crippen LogP contribution in [0.25, 0.3) is 0 Å². The van der Waals surface area contributed by atoms with Crippen LogP contribution in [0.3, 0.4) is 0 Å². The van der Waals surface area contributed by atoms with E-state index in [9.17, 15) is 19.8 Å². The minimum absolute atomic E-state index is 0.125. The number of esters is 2. The monoisotopic (exact) mass is 444 g/mol. The number of carbonyl (C=O) groups excluding carboxylic acids is 2. The molecule has 184 valence electrons. The average molecular weight is 445 g/mol. The van der Waals surface area contributed by atoms with E-state index >= 15 is 0 Å². The van der Waals surface area contributed by atoms with E-state index in [0.717, 1.165) is 19.3 Å². The van der Waals surface area contributed by atoms with Crippen LogP contribution in [-0.2, 0) is 19.1 Å². The number of ether oxygens (including phenoxy) is 2. The van der Waals surface area contributed by atoms with Crippen LogP contribution in [0.1, 0.15) is 93.4 Å². The zero-order chi connectivity index (χ0) is 24.0. The lowest BCUT2D eigenvalue weighted by molar-refractivity contribution is -0.163. The first kappa shape index (κ1) is 29.9. The van der Waals surface area contributed by atoms with Gasteiger partial charge in [0.1, 0.15) is 0 Å². The quantitative estimate of drug-likeness (QED) is 0.422. The number of rotatable bonds is 12. The first-order chi connectivity index (χ1) is 14.7. The number of hydrogen-bond acceptors (Lipinski definition) is 6. The first-order valence-corrected chi connectivity index (χ1v) is 12.4. The summed E-state index contributed by atoms with van der Waals surface area (Å²) in [6.07, 6.45) is 4.33. The van der Waals surface area contributed by atoms with E-state index in [1.54, 1.807) is 13.8 Å². The molecule has 1 fully saturated rings. The Balaban J connectivity index is 0.00000436. The van der Waals surface area contributed by atoms with Crippen molar-refractivity contribution in [3.05, 3.63) is 0 Å². The third-order valence-electron chi connectivity index (χ3n) is 6.35. The van der Waals surface area contributed by atoms with Gasteiger partial charge in [0, 0.05) is 0 Å². The van der Waals surface area contributed by atoms with Crippen LogP contribution in [0.4, 0.5) is 0 Å². The molecule has 1 rings (SSSR count). The van der Waals surface area contributed by atoms with Crippen molar-refractivity contribution < 1.29 is 29.3 Å². The van der Waals surface area contributed by atoms with E-state index in [2.05, 4.69) is 0 Å². The molecule has 0 aromatic heterocycles. The molecule has 0 saturated heterocycles. The van der Waals surface area contributed by atoms with Crippen LogP contribution in [0.5, 0.6) is 0 Å².